The number of amides is 1. The quantitative estimate of drug-likeness (QED) is 0.885. The number of nitrogens with one attached hydrogen (secondary N) is 1. The van der Waals surface area contributed by atoms with Crippen molar-refractivity contribution in [2.75, 3.05) is 6.61 Å². The largest absolute Gasteiger partial charge is 0.377 e. The van der Waals surface area contributed by atoms with Gasteiger partial charge in [0.1, 0.15) is 5.82 Å². The van der Waals surface area contributed by atoms with Gasteiger partial charge in [0, 0.05) is 18.7 Å². The van der Waals surface area contributed by atoms with Crippen molar-refractivity contribution in [1.29, 1.82) is 0 Å². The topological polar surface area (TPSA) is 38.3 Å². The standard InChI is InChI=1S/C18H20FNO2/c1-3-22-12-16-7-5-4-6-15(16)11-20-18(21)14-9-8-13(2)17(19)10-14/h4-10H,3,11-12H2,1-2H3,(H,20,21). The molecule has 0 atom stereocenters. The second kappa shape index (κ2) is 7.71. The minimum atomic E-state index is -0.371. The van der Waals surface area contributed by atoms with Gasteiger partial charge in [0.2, 0.25) is 0 Å². The predicted octanol–water partition coefficient (Wildman–Crippen LogP) is 3.60. The number of hydrogen-bond acceptors (Lipinski definition) is 2. The molecule has 0 aliphatic heterocycles. The van der Waals surface area contributed by atoms with Gasteiger partial charge in [-0.15, -0.1) is 0 Å². The lowest BCUT2D eigenvalue weighted by molar-refractivity contribution is 0.0949. The van der Waals surface area contributed by atoms with E-state index in [-0.39, 0.29) is 11.7 Å². The highest BCUT2D eigenvalue weighted by Gasteiger charge is 2.09. The fourth-order valence-corrected chi connectivity index (χ4v) is 2.09. The fraction of sp³-hybridized carbons (Fsp3) is 0.278. The summed E-state index contributed by atoms with van der Waals surface area (Å²) >= 11 is 0. The van der Waals surface area contributed by atoms with E-state index in [0.717, 1.165) is 11.1 Å². The normalized spacial score (nSPS) is 10.5. The molecule has 2 aromatic rings. The number of hydrogen-bond donors (Lipinski definition) is 1. The Balaban J connectivity index is 2.03. The van der Waals surface area contributed by atoms with E-state index in [1.54, 1.807) is 19.1 Å². The first kappa shape index (κ1) is 16.2. The van der Waals surface area contributed by atoms with Crippen LogP contribution in [0.15, 0.2) is 42.5 Å². The first-order chi connectivity index (χ1) is 10.6. The third kappa shape index (κ3) is 4.15. The molecule has 22 heavy (non-hydrogen) atoms. The molecule has 0 bridgehead atoms. The summed E-state index contributed by atoms with van der Waals surface area (Å²) in [5.41, 5.74) is 2.89. The van der Waals surface area contributed by atoms with E-state index in [1.165, 1.54) is 6.07 Å². The van der Waals surface area contributed by atoms with Gasteiger partial charge in [-0.1, -0.05) is 30.3 Å². The molecule has 0 saturated heterocycles. The third-order valence-electron chi connectivity index (χ3n) is 3.45. The van der Waals surface area contributed by atoms with Crippen LogP contribution in [-0.4, -0.2) is 12.5 Å². The number of rotatable bonds is 6. The van der Waals surface area contributed by atoms with Gasteiger partial charge in [0.05, 0.1) is 6.61 Å². The first-order valence-electron chi connectivity index (χ1n) is 7.30. The predicted molar refractivity (Wildman–Crippen MR) is 84.1 cm³/mol. The van der Waals surface area contributed by atoms with Crippen molar-refractivity contribution in [2.45, 2.75) is 27.0 Å². The smallest absolute Gasteiger partial charge is 0.251 e. The first-order valence-corrected chi connectivity index (χ1v) is 7.30. The zero-order valence-electron chi connectivity index (χ0n) is 12.9. The van der Waals surface area contributed by atoms with Crippen LogP contribution in [0, 0.1) is 12.7 Å². The van der Waals surface area contributed by atoms with Crippen molar-refractivity contribution < 1.29 is 13.9 Å². The Kier molecular flexibility index (Phi) is 5.67. The molecule has 1 amide bonds. The molecule has 0 aromatic heterocycles. The molecule has 0 heterocycles. The van der Waals surface area contributed by atoms with E-state index in [9.17, 15) is 9.18 Å². The molecule has 0 unspecified atom stereocenters. The number of aryl methyl sites for hydroxylation is 1. The average molecular weight is 301 g/mol. The minimum Gasteiger partial charge on any atom is -0.377 e. The Labute approximate surface area is 130 Å². The lowest BCUT2D eigenvalue weighted by Gasteiger charge is -2.11. The van der Waals surface area contributed by atoms with Gasteiger partial charge < -0.3 is 10.1 Å². The maximum Gasteiger partial charge on any atom is 0.251 e. The number of halogens is 1. The van der Waals surface area contributed by atoms with Gasteiger partial charge in [-0.2, -0.15) is 0 Å². The van der Waals surface area contributed by atoms with Gasteiger partial charge in [-0.05, 0) is 42.7 Å². The highest BCUT2D eigenvalue weighted by molar-refractivity contribution is 5.94. The lowest BCUT2D eigenvalue weighted by Crippen LogP contribution is -2.23. The highest BCUT2D eigenvalue weighted by Crippen LogP contribution is 2.12. The zero-order chi connectivity index (χ0) is 15.9. The molecule has 3 nitrogen and oxygen atoms in total. The van der Waals surface area contributed by atoms with Crippen molar-refractivity contribution in [3.05, 3.63) is 70.5 Å². The number of carbonyl (C=O) groups excluding carboxylic acids is 1. The van der Waals surface area contributed by atoms with E-state index >= 15 is 0 Å². The monoisotopic (exact) mass is 301 g/mol. The Bertz CT molecular complexity index is 655. The molecule has 1 N–H and O–H groups in total. The summed E-state index contributed by atoms with van der Waals surface area (Å²) in [6.45, 7) is 5.15. The molecule has 0 aliphatic rings. The van der Waals surface area contributed by atoms with Crippen LogP contribution in [0.3, 0.4) is 0 Å². The molecule has 4 heteroatoms. The average Bonchev–Trinajstić information content (AvgIpc) is 2.54. The Morgan fingerprint density at radius 3 is 2.59 bits per heavy atom. The van der Waals surface area contributed by atoms with Crippen LogP contribution >= 0.6 is 0 Å². The van der Waals surface area contributed by atoms with Crippen molar-refractivity contribution in [2.24, 2.45) is 0 Å². The van der Waals surface area contributed by atoms with Gasteiger partial charge >= 0.3 is 0 Å². The Hall–Kier alpha value is -2.20. The molecule has 2 aromatic carbocycles. The third-order valence-corrected chi connectivity index (χ3v) is 3.45. The number of benzene rings is 2. The van der Waals surface area contributed by atoms with E-state index in [1.807, 2.05) is 31.2 Å². The molecule has 116 valence electrons. The van der Waals surface area contributed by atoms with Crippen molar-refractivity contribution in [3.63, 3.8) is 0 Å². The van der Waals surface area contributed by atoms with E-state index in [2.05, 4.69) is 5.32 Å². The van der Waals surface area contributed by atoms with Gasteiger partial charge in [-0.3, -0.25) is 4.79 Å². The maximum atomic E-state index is 13.5. The second-order valence-corrected chi connectivity index (χ2v) is 5.05. The van der Waals surface area contributed by atoms with E-state index < -0.39 is 0 Å². The van der Waals surface area contributed by atoms with Crippen LogP contribution in [0.2, 0.25) is 0 Å². The Morgan fingerprint density at radius 1 is 1.18 bits per heavy atom. The maximum absolute atomic E-state index is 13.5. The van der Waals surface area contributed by atoms with Crippen LogP contribution < -0.4 is 5.32 Å². The van der Waals surface area contributed by atoms with Crippen molar-refractivity contribution >= 4 is 5.91 Å². The summed E-state index contributed by atoms with van der Waals surface area (Å²) in [5, 5.41) is 2.82. The second-order valence-electron chi connectivity index (χ2n) is 5.05. The van der Waals surface area contributed by atoms with E-state index in [0.29, 0.717) is 30.9 Å². The summed E-state index contributed by atoms with van der Waals surface area (Å²) in [6.07, 6.45) is 0. The summed E-state index contributed by atoms with van der Waals surface area (Å²) < 4.78 is 18.9. The highest BCUT2D eigenvalue weighted by atomic mass is 19.1. The molecular formula is C18H20FNO2. The summed E-state index contributed by atoms with van der Waals surface area (Å²) in [5.74, 6) is -0.658. The zero-order valence-corrected chi connectivity index (χ0v) is 12.9. The summed E-state index contributed by atoms with van der Waals surface area (Å²) in [6, 6.07) is 12.3. The van der Waals surface area contributed by atoms with E-state index in [4.69, 9.17) is 4.74 Å². The van der Waals surface area contributed by atoms with Gasteiger partial charge in [0.15, 0.2) is 0 Å². The Morgan fingerprint density at radius 2 is 1.91 bits per heavy atom. The molecule has 0 radical (unpaired) electrons. The molecule has 0 spiro atoms. The molecular weight excluding hydrogens is 281 g/mol. The molecule has 0 saturated carbocycles. The number of carbonyl (C=O) groups is 1. The molecule has 0 aliphatic carbocycles. The summed E-state index contributed by atoms with van der Waals surface area (Å²) in [4.78, 5) is 12.1. The summed E-state index contributed by atoms with van der Waals surface area (Å²) in [7, 11) is 0. The van der Waals surface area contributed by atoms with Crippen LogP contribution in [-0.2, 0) is 17.9 Å². The minimum absolute atomic E-state index is 0.287. The number of ether oxygens (including phenoxy) is 1. The van der Waals surface area contributed by atoms with Gasteiger partial charge in [0.25, 0.3) is 5.91 Å². The molecule has 2 rings (SSSR count). The SMILES string of the molecule is CCOCc1ccccc1CNC(=O)c1ccc(C)c(F)c1. The van der Waals surface area contributed by atoms with Crippen LogP contribution in [0.4, 0.5) is 4.39 Å². The van der Waals surface area contributed by atoms with Crippen molar-refractivity contribution in [1.82, 2.24) is 5.32 Å². The lowest BCUT2D eigenvalue weighted by atomic mass is 10.1. The van der Waals surface area contributed by atoms with Crippen LogP contribution in [0.25, 0.3) is 0 Å². The van der Waals surface area contributed by atoms with Gasteiger partial charge in [-0.25, -0.2) is 4.39 Å². The van der Waals surface area contributed by atoms with Crippen LogP contribution in [0.1, 0.15) is 34.0 Å². The van der Waals surface area contributed by atoms with Crippen LogP contribution in [0.5, 0.6) is 0 Å². The fourth-order valence-electron chi connectivity index (χ4n) is 2.09. The molecule has 0 fully saturated rings. The van der Waals surface area contributed by atoms with Crippen molar-refractivity contribution in [3.8, 4) is 0 Å².